The highest BCUT2D eigenvalue weighted by Gasteiger charge is 2.00. The van der Waals surface area contributed by atoms with Crippen molar-refractivity contribution in [1.29, 1.82) is 0 Å². The molecule has 0 saturated carbocycles. The average Bonchev–Trinajstić information content (AvgIpc) is 2.09. The van der Waals surface area contributed by atoms with Crippen molar-refractivity contribution in [3.05, 3.63) is 28.2 Å². The van der Waals surface area contributed by atoms with Crippen LogP contribution in [0.3, 0.4) is 0 Å². The van der Waals surface area contributed by atoms with Gasteiger partial charge in [-0.1, -0.05) is 34.8 Å². The van der Waals surface area contributed by atoms with Gasteiger partial charge in [0.15, 0.2) is 0 Å². The lowest BCUT2D eigenvalue weighted by Gasteiger charge is -1.98. The van der Waals surface area contributed by atoms with Crippen LogP contribution in [0.15, 0.2) is 23.2 Å². The molecular formula is C8H5Cl4N. The molecule has 0 fully saturated rings. The van der Waals surface area contributed by atoms with E-state index in [0.29, 0.717) is 20.9 Å². The topological polar surface area (TPSA) is 12.4 Å². The molecule has 1 aromatic carbocycles. The monoisotopic (exact) mass is 255 g/mol. The SMILES string of the molecule is ClCC(Cl)=Nc1ccc(Cl)cc1Cl. The molecule has 0 saturated heterocycles. The molecule has 0 unspecified atom stereocenters. The number of rotatable bonds is 2. The molecule has 0 N–H and O–H groups in total. The minimum Gasteiger partial charge on any atom is -0.238 e. The molecule has 0 aliphatic carbocycles. The van der Waals surface area contributed by atoms with E-state index in [-0.39, 0.29) is 5.88 Å². The van der Waals surface area contributed by atoms with Gasteiger partial charge in [0.1, 0.15) is 5.17 Å². The molecule has 0 aliphatic rings. The first-order valence-electron chi connectivity index (χ1n) is 3.37. The van der Waals surface area contributed by atoms with Gasteiger partial charge in [-0.3, -0.25) is 0 Å². The number of nitrogens with zero attached hydrogens (tertiary/aromatic N) is 1. The fraction of sp³-hybridized carbons (Fsp3) is 0.125. The van der Waals surface area contributed by atoms with Crippen molar-refractivity contribution in [3.8, 4) is 0 Å². The Labute approximate surface area is 96.3 Å². The lowest BCUT2D eigenvalue weighted by Crippen LogP contribution is -1.86. The molecule has 0 radical (unpaired) electrons. The molecule has 13 heavy (non-hydrogen) atoms. The van der Waals surface area contributed by atoms with Gasteiger partial charge in [-0.15, -0.1) is 11.6 Å². The highest BCUT2D eigenvalue weighted by atomic mass is 35.5. The Morgan fingerprint density at radius 1 is 1.31 bits per heavy atom. The van der Waals surface area contributed by atoms with Crippen LogP contribution < -0.4 is 0 Å². The molecule has 1 rings (SSSR count). The van der Waals surface area contributed by atoms with E-state index in [2.05, 4.69) is 4.99 Å². The van der Waals surface area contributed by atoms with Crippen molar-refractivity contribution < 1.29 is 0 Å². The Kier molecular flexibility index (Phi) is 4.33. The lowest BCUT2D eigenvalue weighted by molar-refractivity contribution is 1.52. The zero-order valence-corrected chi connectivity index (χ0v) is 9.42. The van der Waals surface area contributed by atoms with Crippen LogP contribution in [-0.4, -0.2) is 11.1 Å². The van der Waals surface area contributed by atoms with E-state index in [4.69, 9.17) is 46.4 Å². The summed E-state index contributed by atoms with van der Waals surface area (Å²) in [5.74, 6) is 0.167. The van der Waals surface area contributed by atoms with Gasteiger partial charge < -0.3 is 0 Å². The quantitative estimate of drug-likeness (QED) is 0.546. The minimum absolute atomic E-state index is 0.167. The van der Waals surface area contributed by atoms with Crippen molar-refractivity contribution in [1.82, 2.24) is 0 Å². The third-order valence-corrected chi connectivity index (χ3v) is 2.41. The second kappa shape index (κ2) is 5.06. The fourth-order valence-corrected chi connectivity index (χ4v) is 1.33. The number of alkyl halides is 1. The average molecular weight is 257 g/mol. The molecular weight excluding hydrogens is 252 g/mol. The van der Waals surface area contributed by atoms with Crippen molar-refractivity contribution >= 4 is 57.3 Å². The Bertz CT molecular complexity index is 335. The van der Waals surface area contributed by atoms with Gasteiger partial charge in [0.25, 0.3) is 0 Å². The van der Waals surface area contributed by atoms with Crippen LogP contribution >= 0.6 is 46.4 Å². The molecule has 0 heterocycles. The van der Waals surface area contributed by atoms with E-state index in [0.717, 1.165) is 0 Å². The Morgan fingerprint density at radius 3 is 2.54 bits per heavy atom. The number of halogens is 4. The second-order valence-corrected chi connectivity index (χ2v) is 3.76. The van der Waals surface area contributed by atoms with E-state index >= 15 is 0 Å². The molecule has 70 valence electrons. The van der Waals surface area contributed by atoms with Gasteiger partial charge >= 0.3 is 0 Å². The Hall–Kier alpha value is 0.0500. The van der Waals surface area contributed by atoms with Crippen LogP contribution in [0.25, 0.3) is 0 Å². The Morgan fingerprint density at radius 2 is 2.00 bits per heavy atom. The van der Waals surface area contributed by atoms with E-state index < -0.39 is 0 Å². The zero-order chi connectivity index (χ0) is 9.84. The van der Waals surface area contributed by atoms with Crippen LogP contribution in [0.5, 0.6) is 0 Å². The van der Waals surface area contributed by atoms with Crippen molar-refractivity contribution in [2.75, 3.05) is 5.88 Å². The molecule has 0 aromatic heterocycles. The number of hydrogen-bond donors (Lipinski definition) is 0. The number of benzene rings is 1. The van der Waals surface area contributed by atoms with Crippen LogP contribution in [0, 0.1) is 0 Å². The van der Waals surface area contributed by atoms with Crippen molar-refractivity contribution in [2.45, 2.75) is 0 Å². The van der Waals surface area contributed by atoms with E-state index in [9.17, 15) is 0 Å². The highest BCUT2D eigenvalue weighted by Crippen LogP contribution is 2.28. The summed E-state index contributed by atoms with van der Waals surface area (Å²) in [4.78, 5) is 3.98. The van der Waals surface area contributed by atoms with E-state index in [1.807, 2.05) is 0 Å². The van der Waals surface area contributed by atoms with Gasteiger partial charge in [-0.2, -0.15) is 0 Å². The first kappa shape index (κ1) is 11.1. The minimum atomic E-state index is 0.167. The zero-order valence-electron chi connectivity index (χ0n) is 6.40. The predicted molar refractivity (Wildman–Crippen MR) is 60.1 cm³/mol. The second-order valence-electron chi connectivity index (χ2n) is 2.22. The van der Waals surface area contributed by atoms with Crippen molar-refractivity contribution in [2.24, 2.45) is 4.99 Å². The normalized spacial score (nSPS) is 11.8. The summed E-state index contributed by atoms with van der Waals surface area (Å²) in [5.41, 5.74) is 0.566. The van der Waals surface area contributed by atoms with Crippen LogP contribution in [0.1, 0.15) is 0 Å². The summed E-state index contributed by atoms with van der Waals surface area (Å²) in [6.07, 6.45) is 0. The van der Waals surface area contributed by atoms with Crippen LogP contribution in [-0.2, 0) is 0 Å². The smallest absolute Gasteiger partial charge is 0.121 e. The number of hydrogen-bond acceptors (Lipinski definition) is 1. The molecule has 0 spiro atoms. The molecule has 1 aromatic rings. The summed E-state index contributed by atoms with van der Waals surface area (Å²) >= 11 is 22.6. The number of aliphatic imine (C=N–C) groups is 1. The van der Waals surface area contributed by atoms with Gasteiger partial charge in [-0.25, -0.2) is 4.99 Å². The largest absolute Gasteiger partial charge is 0.238 e. The standard InChI is InChI=1S/C8H5Cl4N/c9-4-8(12)13-7-2-1-5(10)3-6(7)11/h1-3H,4H2. The predicted octanol–water partition coefficient (Wildman–Crippen LogP) is 4.50. The summed E-state index contributed by atoms with van der Waals surface area (Å²) < 4.78 is 0. The fourth-order valence-electron chi connectivity index (χ4n) is 0.733. The first-order chi connectivity index (χ1) is 6.13. The maximum atomic E-state index is 5.84. The molecule has 1 nitrogen and oxygen atoms in total. The molecule has 5 heteroatoms. The van der Waals surface area contributed by atoms with Gasteiger partial charge in [0.2, 0.25) is 0 Å². The van der Waals surface area contributed by atoms with Crippen molar-refractivity contribution in [3.63, 3.8) is 0 Å². The molecule has 0 bridgehead atoms. The summed E-state index contributed by atoms with van der Waals surface area (Å²) in [6.45, 7) is 0. The van der Waals surface area contributed by atoms with Crippen LogP contribution in [0.2, 0.25) is 10.0 Å². The lowest BCUT2D eigenvalue weighted by atomic mass is 10.3. The summed E-state index contributed by atoms with van der Waals surface area (Å²) in [7, 11) is 0. The third kappa shape index (κ3) is 3.35. The molecule has 0 amide bonds. The highest BCUT2D eigenvalue weighted by molar-refractivity contribution is 6.70. The Balaban J connectivity index is 3.03. The van der Waals surface area contributed by atoms with E-state index in [1.165, 1.54) is 0 Å². The first-order valence-corrected chi connectivity index (χ1v) is 5.04. The third-order valence-electron chi connectivity index (χ3n) is 1.26. The van der Waals surface area contributed by atoms with Gasteiger partial charge in [0, 0.05) is 5.02 Å². The maximum Gasteiger partial charge on any atom is 0.121 e. The summed E-state index contributed by atoms with van der Waals surface area (Å²) in [6, 6.07) is 4.96. The van der Waals surface area contributed by atoms with E-state index in [1.54, 1.807) is 18.2 Å². The van der Waals surface area contributed by atoms with Crippen LogP contribution in [0.4, 0.5) is 5.69 Å². The van der Waals surface area contributed by atoms with Gasteiger partial charge in [0.05, 0.1) is 16.6 Å². The molecule has 0 atom stereocenters. The maximum absolute atomic E-state index is 5.84. The molecule has 0 aliphatic heterocycles. The van der Waals surface area contributed by atoms with Gasteiger partial charge in [-0.05, 0) is 18.2 Å². The summed E-state index contributed by atoms with van der Waals surface area (Å²) in [5, 5.41) is 1.31.